The standard InChI is InChI=1S/C21H24N2O2/c1-17-7-5-6-8-18(17)11-22-13-21(16-25-12-20(22)24)14-23(15-21)19-9-3-2-4-10-19/h2-10H,11-16H2,1H3. The molecule has 1 amide bonds. The van der Waals surface area contributed by atoms with Crippen molar-refractivity contribution in [2.75, 3.05) is 37.7 Å². The first-order valence-electron chi connectivity index (χ1n) is 8.85. The second-order valence-corrected chi connectivity index (χ2v) is 7.36. The fourth-order valence-corrected chi connectivity index (χ4v) is 3.90. The van der Waals surface area contributed by atoms with Crippen molar-refractivity contribution in [1.82, 2.24) is 4.90 Å². The Morgan fingerprint density at radius 1 is 1.00 bits per heavy atom. The van der Waals surface area contributed by atoms with E-state index in [0.29, 0.717) is 13.2 Å². The van der Waals surface area contributed by atoms with E-state index in [4.69, 9.17) is 4.74 Å². The predicted octanol–water partition coefficient (Wildman–Crippen LogP) is 2.86. The Bertz CT molecular complexity index is 754. The number of carbonyl (C=O) groups excluding carboxylic acids is 1. The minimum absolute atomic E-state index is 0.0463. The van der Waals surface area contributed by atoms with Gasteiger partial charge in [0.05, 0.1) is 6.61 Å². The molecule has 2 aliphatic heterocycles. The minimum Gasteiger partial charge on any atom is -0.371 e. The third-order valence-corrected chi connectivity index (χ3v) is 5.31. The number of hydrogen-bond donors (Lipinski definition) is 0. The molecule has 0 bridgehead atoms. The van der Waals surface area contributed by atoms with Crippen LogP contribution in [0.1, 0.15) is 11.1 Å². The van der Waals surface area contributed by atoms with Gasteiger partial charge in [0.15, 0.2) is 0 Å². The van der Waals surface area contributed by atoms with Crippen LogP contribution in [0, 0.1) is 12.3 Å². The molecule has 2 aliphatic rings. The van der Waals surface area contributed by atoms with E-state index >= 15 is 0 Å². The van der Waals surface area contributed by atoms with Crippen LogP contribution in [0.25, 0.3) is 0 Å². The summed E-state index contributed by atoms with van der Waals surface area (Å²) in [5.41, 5.74) is 3.74. The van der Waals surface area contributed by atoms with Crippen molar-refractivity contribution in [2.45, 2.75) is 13.5 Å². The van der Waals surface area contributed by atoms with Crippen molar-refractivity contribution >= 4 is 11.6 Å². The van der Waals surface area contributed by atoms with Crippen molar-refractivity contribution in [3.05, 3.63) is 65.7 Å². The Morgan fingerprint density at radius 3 is 2.48 bits per heavy atom. The molecule has 0 N–H and O–H groups in total. The number of para-hydroxylation sites is 1. The molecule has 0 saturated carbocycles. The summed E-state index contributed by atoms with van der Waals surface area (Å²) in [6.45, 7) is 6.27. The Labute approximate surface area is 149 Å². The molecule has 0 aromatic heterocycles. The van der Waals surface area contributed by atoms with Crippen molar-refractivity contribution in [3.8, 4) is 0 Å². The van der Waals surface area contributed by atoms with E-state index in [1.165, 1.54) is 16.8 Å². The lowest BCUT2D eigenvalue weighted by atomic mass is 9.79. The van der Waals surface area contributed by atoms with Crippen LogP contribution in [-0.2, 0) is 16.1 Å². The third kappa shape index (κ3) is 3.27. The number of amides is 1. The van der Waals surface area contributed by atoms with Gasteiger partial charge in [-0.05, 0) is 30.2 Å². The molecule has 0 aliphatic carbocycles. The zero-order valence-corrected chi connectivity index (χ0v) is 14.6. The first-order chi connectivity index (χ1) is 12.2. The van der Waals surface area contributed by atoms with E-state index in [9.17, 15) is 4.79 Å². The highest BCUT2D eigenvalue weighted by Crippen LogP contribution is 2.37. The van der Waals surface area contributed by atoms with E-state index in [-0.39, 0.29) is 17.9 Å². The van der Waals surface area contributed by atoms with Crippen LogP contribution in [0.3, 0.4) is 0 Å². The molecule has 4 rings (SSSR count). The maximum absolute atomic E-state index is 12.5. The average Bonchev–Trinajstić information content (AvgIpc) is 2.76. The van der Waals surface area contributed by atoms with Gasteiger partial charge in [-0.3, -0.25) is 4.79 Å². The molecule has 1 spiro atoms. The van der Waals surface area contributed by atoms with Gasteiger partial charge in [-0.25, -0.2) is 0 Å². The van der Waals surface area contributed by atoms with Gasteiger partial charge in [0, 0.05) is 37.3 Å². The molecule has 130 valence electrons. The molecular formula is C21H24N2O2. The summed E-state index contributed by atoms with van der Waals surface area (Å²) < 4.78 is 5.73. The number of carbonyl (C=O) groups is 1. The van der Waals surface area contributed by atoms with Gasteiger partial charge in [0.2, 0.25) is 5.91 Å². The molecule has 2 aromatic rings. The topological polar surface area (TPSA) is 32.8 Å². The Hall–Kier alpha value is -2.33. The van der Waals surface area contributed by atoms with Gasteiger partial charge >= 0.3 is 0 Å². The van der Waals surface area contributed by atoms with Crippen LogP contribution >= 0.6 is 0 Å². The van der Waals surface area contributed by atoms with Gasteiger partial charge in [-0.15, -0.1) is 0 Å². The molecule has 2 heterocycles. The fraction of sp³-hybridized carbons (Fsp3) is 0.381. The fourth-order valence-electron chi connectivity index (χ4n) is 3.90. The predicted molar refractivity (Wildman–Crippen MR) is 98.5 cm³/mol. The van der Waals surface area contributed by atoms with E-state index in [1.807, 2.05) is 23.1 Å². The smallest absolute Gasteiger partial charge is 0.248 e. The molecule has 25 heavy (non-hydrogen) atoms. The van der Waals surface area contributed by atoms with Gasteiger partial charge in [0.25, 0.3) is 0 Å². The molecular weight excluding hydrogens is 312 g/mol. The quantitative estimate of drug-likeness (QED) is 0.864. The zero-order chi connectivity index (χ0) is 17.3. The summed E-state index contributed by atoms with van der Waals surface area (Å²) in [5, 5.41) is 0. The van der Waals surface area contributed by atoms with Gasteiger partial charge < -0.3 is 14.5 Å². The van der Waals surface area contributed by atoms with Crippen molar-refractivity contribution < 1.29 is 9.53 Å². The molecule has 2 fully saturated rings. The van der Waals surface area contributed by atoms with Gasteiger partial charge in [-0.2, -0.15) is 0 Å². The highest BCUT2D eigenvalue weighted by molar-refractivity contribution is 5.78. The third-order valence-electron chi connectivity index (χ3n) is 5.31. The van der Waals surface area contributed by atoms with E-state index in [2.05, 4.69) is 48.2 Å². The maximum atomic E-state index is 12.5. The van der Waals surface area contributed by atoms with Crippen molar-refractivity contribution in [1.29, 1.82) is 0 Å². The Balaban J connectivity index is 1.48. The SMILES string of the molecule is Cc1ccccc1CN1CC2(COCC1=O)CN(c1ccccc1)C2. The summed E-state index contributed by atoms with van der Waals surface area (Å²) in [4.78, 5) is 16.8. The van der Waals surface area contributed by atoms with E-state index < -0.39 is 0 Å². The van der Waals surface area contributed by atoms with E-state index in [1.54, 1.807) is 0 Å². The molecule has 2 saturated heterocycles. The molecule has 0 unspecified atom stereocenters. The number of nitrogens with zero attached hydrogens (tertiary/aromatic N) is 2. The first-order valence-corrected chi connectivity index (χ1v) is 8.85. The molecule has 0 atom stereocenters. The number of benzene rings is 2. The summed E-state index contributed by atoms with van der Waals surface area (Å²) in [5.74, 6) is 0.0956. The zero-order valence-electron chi connectivity index (χ0n) is 14.6. The molecule has 0 radical (unpaired) electrons. The molecule has 2 aromatic carbocycles. The summed E-state index contributed by atoms with van der Waals surface area (Å²) >= 11 is 0. The lowest BCUT2D eigenvalue weighted by Crippen LogP contribution is -2.62. The normalized spacial score (nSPS) is 19.6. The summed E-state index contributed by atoms with van der Waals surface area (Å²) in [7, 11) is 0. The summed E-state index contributed by atoms with van der Waals surface area (Å²) in [6.07, 6.45) is 0. The number of anilines is 1. The van der Waals surface area contributed by atoms with Crippen molar-refractivity contribution in [2.24, 2.45) is 5.41 Å². The molecule has 4 heteroatoms. The van der Waals surface area contributed by atoms with Gasteiger partial charge in [0.1, 0.15) is 6.61 Å². The largest absolute Gasteiger partial charge is 0.371 e. The van der Waals surface area contributed by atoms with Crippen molar-refractivity contribution in [3.63, 3.8) is 0 Å². The Kier molecular flexibility index (Phi) is 4.22. The van der Waals surface area contributed by atoms with Crippen LogP contribution in [0.2, 0.25) is 0 Å². The second kappa shape index (κ2) is 6.52. The Morgan fingerprint density at radius 2 is 1.72 bits per heavy atom. The second-order valence-electron chi connectivity index (χ2n) is 7.36. The number of aryl methyl sites for hydroxylation is 1. The van der Waals surface area contributed by atoms with Crippen LogP contribution in [0.15, 0.2) is 54.6 Å². The monoisotopic (exact) mass is 336 g/mol. The van der Waals surface area contributed by atoms with Crippen LogP contribution in [0.4, 0.5) is 5.69 Å². The highest BCUT2D eigenvalue weighted by Gasteiger charge is 2.46. The number of hydrogen-bond acceptors (Lipinski definition) is 3. The van der Waals surface area contributed by atoms with Gasteiger partial charge in [-0.1, -0.05) is 42.5 Å². The van der Waals surface area contributed by atoms with Crippen LogP contribution in [0.5, 0.6) is 0 Å². The lowest BCUT2D eigenvalue weighted by Gasteiger charge is -2.51. The highest BCUT2D eigenvalue weighted by atomic mass is 16.5. The van der Waals surface area contributed by atoms with Crippen LogP contribution < -0.4 is 4.90 Å². The summed E-state index contributed by atoms with van der Waals surface area (Å²) in [6, 6.07) is 18.7. The maximum Gasteiger partial charge on any atom is 0.248 e. The molecule has 4 nitrogen and oxygen atoms in total. The average molecular weight is 336 g/mol. The van der Waals surface area contributed by atoms with E-state index in [0.717, 1.165) is 19.6 Å². The van der Waals surface area contributed by atoms with Crippen LogP contribution in [-0.4, -0.2) is 43.7 Å². The number of ether oxygens (including phenoxy) is 1. The number of rotatable bonds is 3. The minimum atomic E-state index is 0.0463. The first kappa shape index (κ1) is 16.2. The lowest BCUT2D eigenvalue weighted by molar-refractivity contribution is -0.134.